The number of aliphatic hydroxyl groups excluding tert-OH is 1. The van der Waals surface area contributed by atoms with Crippen molar-refractivity contribution in [3.8, 4) is 11.5 Å². The number of esters is 1. The van der Waals surface area contributed by atoms with Crippen LogP contribution in [0.4, 0.5) is 8.78 Å². The number of nitrogens with zero attached hydrogens (tertiary/aromatic N) is 2. The molecule has 4 atom stereocenters. The number of aromatic nitrogens is 1. The van der Waals surface area contributed by atoms with Crippen LogP contribution < -0.4 is 14.8 Å². The van der Waals surface area contributed by atoms with Gasteiger partial charge in [-0.25, -0.2) is 9.78 Å². The maximum atomic E-state index is 13.3. The van der Waals surface area contributed by atoms with E-state index >= 15 is 0 Å². The SMILES string of the molecule is CC.CCOC(=O)C1[C@@H](Cc2ccnc(Cl)c2)C(=O)N1C(O)NC(C)c1ccc2c(c1)OC(F)(F)O2. The minimum atomic E-state index is -3.75. The number of carbonyl (C=O) groups is 2. The molecule has 36 heavy (non-hydrogen) atoms. The number of likely N-dealkylation sites (tertiary alicyclic amines) is 1. The van der Waals surface area contributed by atoms with Gasteiger partial charge in [0.05, 0.1) is 12.5 Å². The Labute approximate surface area is 212 Å². The summed E-state index contributed by atoms with van der Waals surface area (Å²) in [4.78, 5) is 30.4. The van der Waals surface area contributed by atoms with Gasteiger partial charge in [0.2, 0.25) is 5.91 Å². The number of fused-ring (bicyclic) bond motifs is 1. The highest BCUT2D eigenvalue weighted by atomic mass is 35.5. The predicted molar refractivity (Wildman–Crippen MR) is 125 cm³/mol. The van der Waals surface area contributed by atoms with Gasteiger partial charge in [0, 0.05) is 12.2 Å². The first-order chi connectivity index (χ1) is 17.1. The summed E-state index contributed by atoms with van der Waals surface area (Å²) in [6, 6.07) is 5.84. The van der Waals surface area contributed by atoms with E-state index in [9.17, 15) is 23.5 Å². The zero-order chi connectivity index (χ0) is 26.6. The summed E-state index contributed by atoms with van der Waals surface area (Å²) in [6.07, 6.45) is -3.58. The smallest absolute Gasteiger partial charge is 0.464 e. The molecule has 0 aliphatic carbocycles. The number of hydrogen-bond acceptors (Lipinski definition) is 8. The predicted octanol–water partition coefficient (Wildman–Crippen LogP) is 3.64. The van der Waals surface area contributed by atoms with Gasteiger partial charge in [-0.1, -0.05) is 31.5 Å². The second kappa shape index (κ2) is 11.4. The quantitative estimate of drug-likeness (QED) is 0.232. The summed E-state index contributed by atoms with van der Waals surface area (Å²) in [6.45, 7) is 7.40. The number of ether oxygens (including phenoxy) is 3. The van der Waals surface area contributed by atoms with Crippen molar-refractivity contribution < 1.29 is 37.7 Å². The molecular formula is C24H28ClF2N3O6. The third kappa shape index (κ3) is 5.85. The first-order valence-corrected chi connectivity index (χ1v) is 11.9. The Morgan fingerprint density at radius 1 is 1.28 bits per heavy atom. The van der Waals surface area contributed by atoms with E-state index in [4.69, 9.17) is 16.3 Å². The Kier molecular flexibility index (Phi) is 8.70. The van der Waals surface area contributed by atoms with E-state index in [1.807, 2.05) is 13.8 Å². The third-order valence-corrected chi connectivity index (χ3v) is 5.82. The zero-order valence-electron chi connectivity index (χ0n) is 20.2. The van der Waals surface area contributed by atoms with Gasteiger partial charge in [-0.2, -0.15) is 0 Å². The molecule has 2 aromatic rings. The Morgan fingerprint density at radius 2 is 1.97 bits per heavy atom. The van der Waals surface area contributed by atoms with Crippen molar-refractivity contribution >= 4 is 23.5 Å². The normalized spacial score (nSPS) is 21.1. The molecule has 2 aliphatic rings. The molecule has 1 aromatic carbocycles. The first-order valence-electron chi connectivity index (χ1n) is 11.5. The number of hydrogen-bond donors (Lipinski definition) is 2. The number of rotatable bonds is 8. The molecule has 0 radical (unpaired) electrons. The number of aliphatic hydroxyl groups is 1. The Bertz CT molecular complexity index is 1110. The molecular weight excluding hydrogens is 500 g/mol. The molecule has 1 fully saturated rings. The monoisotopic (exact) mass is 527 g/mol. The van der Waals surface area contributed by atoms with Gasteiger partial charge in [-0.05, 0) is 55.7 Å². The zero-order valence-corrected chi connectivity index (χ0v) is 21.0. The minimum Gasteiger partial charge on any atom is -0.464 e. The van der Waals surface area contributed by atoms with Crippen molar-refractivity contribution in [3.05, 3.63) is 52.8 Å². The van der Waals surface area contributed by atoms with Crippen LogP contribution in [-0.4, -0.2) is 52.2 Å². The lowest BCUT2D eigenvalue weighted by Crippen LogP contribution is -2.70. The Morgan fingerprint density at radius 3 is 2.64 bits per heavy atom. The number of benzene rings is 1. The molecule has 196 valence electrons. The Balaban J connectivity index is 0.00000176. The van der Waals surface area contributed by atoms with Gasteiger partial charge in [-0.3, -0.25) is 15.0 Å². The second-order valence-electron chi connectivity index (χ2n) is 7.88. The summed E-state index contributed by atoms with van der Waals surface area (Å²) in [7, 11) is 0. The van der Waals surface area contributed by atoms with E-state index in [0.717, 1.165) is 4.90 Å². The van der Waals surface area contributed by atoms with Gasteiger partial charge in [0.15, 0.2) is 17.9 Å². The van der Waals surface area contributed by atoms with Crippen molar-refractivity contribution in [2.24, 2.45) is 5.92 Å². The number of β-lactam (4-membered cyclic amide) rings is 1. The van der Waals surface area contributed by atoms with Crippen molar-refractivity contribution in [1.29, 1.82) is 0 Å². The molecule has 0 bridgehead atoms. The van der Waals surface area contributed by atoms with Gasteiger partial charge in [-0.15, -0.1) is 8.78 Å². The highest BCUT2D eigenvalue weighted by molar-refractivity contribution is 6.29. The molecule has 2 aliphatic heterocycles. The number of amides is 1. The van der Waals surface area contributed by atoms with Crippen molar-refractivity contribution in [3.63, 3.8) is 0 Å². The van der Waals surface area contributed by atoms with E-state index < -0.39 is 42.5 Å². The van der Waals surface area contributed by atoms with Crippen LogP contribution in [0.25, 0.3) is 0 Å². The molecule has 1 aromatic heterocycles. The lowest BCUT2D eigenvalue weighted by atomic mass is 9.82. The van der Waals surface area contributed by atoms with E-state index in [1.165, 1.54) is 24.4 Å². The number of nitrogens with one attached hydrogen (secondary N) is 1. The summed E-state index contributed by atoms with van der Waals surface area (Å²) in [5.74, 6) is -2.11. The van der Waals surface area contributed by atoms with Crippen LogP contribution in [0.15, 0.2) is 36.5 Å². The fraction of sp³-hybridized carbons (Fsp3) is 0.458. The van der Waals surface area contributed by atoms with Gasteiger partial charge >= 0.3 is 12.3 Å². The number of carbonyl (C=O) groups excluding carboxylic acids is 2. The van der Waals surface area contributed by atoms with Crippen LogP contribution in [-0.2, 0) is 20.7 Å². The summed E-state index contributed by atoms with van der Waals surface area (Å²) < 4.78 is 40.5. The van der Waals surface area contributed by atoms with E-state index in [0.29, 0.717) is 11.1 Å². The van der Waals surface area contributed by atoms with Crippen molar-refractivity contribution in [1.82, 2.24) is 15.2 Å². The molecule has 0 saturated carbocycles. The maximum Gasteiger partial charge on any atom is 0.586 e. The summed E-state index contributed by atoms with van der Waals surface area (Å²) in [5, 5.41) is 13.8. The third-order valence-electron chi connectivity index (χ3n) is 5.62. The molecule has 1 saturated heterocycles. The fourth-order valence-electron chi connectivity index (χ4n) is 4.01. The fourth-order valence-corrected chi connectivity index (χ4v) is 4.21. The lowest BCUT2D eigenvalue weighted by Gasteiger charge is -2.48. The van der Waals surface area contributed by atoms with Crippen LogP contribution in [0.5, 0.6) is 11.5 Å². The number of halogens is 3. The maximum absolute atomic E-state index is 13.3. The van der Waals surface area contributed by atoms with Crippen LogP contribution in [0, 0.1) is 5.92 Å². The molecule has 3 heterocycles. The first kappa shape index (κ1) is 27.6. The van der Waals surface area contributed by atoms with E-state index in [2.05, 4.69) is 19.8 Å². The van der Waals surface area contributed by atoms with Crippen LogP contribution in [0.3, 0.4) is 0 Å². The van der Waals surface area contributed by atoms with Gasteiger partial charge < -0.3 is 19.3 Å². The summed E-state index contributed by atoms with van der Waals surface area (Å²) in [5.41, 5.74) is 1.20. The highest BCUT2D eigenvalue weighted by Crippen LogP contribution is 2.42. The van der Waals surface area contributed by atoms with E-state index in [1.54, 1.807) is 26.0 Å². The second-order valence-corrected chi connectivity index (χ2v) is 8.26. The van der Waals surface area contributed by atoms with Gasteiger partial charge in [0.1, 0.15) is 11.2 Å². The van der Waals surface area contributed by atoms with Crippen LogP contribution in [0.2, 0.25) is 5.15 Å². The van der Waals surface area contributed by atoms with Crippen molar-refractivity contribution in [2.45, 2.75) is 58.8 Å². The molecule has 1 amide bonds. The van der Waals surface area contributed by atoms with Crippen LogP contribution >= 0.6 is 11.6 Å². The topological polar surface area (TPSA) is 110 Å². The molecule has 9 nitrogen and oxygen atoms in total. The highest BCUT2D eigenvalue weighted by Gasteiger charge is 2.54. The largest absolute Gasteiger partial charge is 0.586 e. The number of pyridine rings is 1. The molecule has 12 heteroatoms. The average molecular weight is 528 g/mol. The molecule has 3 unspecified atom stereocenters. The van der Waals surface area contributed by atoms with Gasteiger partial charge in [0.25, 0.3) is 0 Å². The minimum absolute atomic E-state index is 0.104. The average Bonchev–Trinajstić information content (AvgIpc) is 3.14. The van der Waals surface area contributed by atoms with E-state index in [-0.39, 0.29) is 29.7 Å². The standard InChI is InChI=1S/C22H22ClF2N3O6.C2H6/c1-3-32-20(30)18-14(8-12-6-7-26-17(23)9-12)19(29)28(18)21(31)27-11(2)13-4-5-15-16(10-13)34-22(24,25)33-15;1-2/h4-7,9-11,14,18,21,27,31H,3,8H2,1-2H3;1-2H3/t11?,14-,18?,21?;/m1./s1. The molecule has 0 spiro atoms. The van der Waals surface area contributed by atoms with Crippen molar-refractivity contribution in [2.75, 3.05) is 6.61 Å². The number of alkyl halides is 2. The Hall–Kier alpha value is -3.02. The summed E-state index contributed by atoms with van der Waals surface area (Å²) >= 11 is 5.91. The lowest BCUT2D eigenvalue weighted by molar-refractivity contribution is -0.286. The van der Waals surface area contributed by atoms with Crippen LogP contribution in [0.1, 0.15) is 44.9 Å². The molecule has 4 rings (SSSR count). The molecule has 2 N–H and O–H groups in total.